The maximum Gasteiger partial charge on any atom is 0.256 e. The molecule has 23 heavy (non-hydrogen) atoms. The summed E-state index contributed by atoms with van der Waals surface area (Å²) in [5.74, 6) is 0. The van der Waals surface area contributed by atoms with Gasteiger partial charge in [-0.3, -0.25) is 9.59 Å². The van der Waals surface area contributed by atoms with Crippen LogP contribution in [-0.4, -0.2) is 21.9 Å². The average Bonchev–Trinajstić information content (AvgIpc) is 2.99. The summed E-state index contributed by atoms with van der Waals surface area (Å²) < 4.78 is 1.70. The number of carbonyl (C=O) groups excluding carboxylic acids is 1. The summed E-state index contributed by atoms with van der Waals surface area (Å²) in [7, 11) is 0. The van der Waals surface area contributed by atoms with Crippen LogP contribution in [0.3, 0.4) is 0 Å². The number of carbonyl (C=O) groups is 1. The molecule has 0 saturated heterocycles. The number of nitrogens with one attached hydrogen (secondary N) is 2. The third-order valence-electron chi connectivity index (χ3n) is 4.17. The van der Waals surface area contributed by atoms with Crippen molar-refractivity contribution in [3.63, 3.8) is 0 Å². The van der Waals surface area contributed by atoms with Crippen molar-refractivity contribution < 1.29 is 4.79 Å². The maximum absolute atomic E-state index is 12.6. The third-order valence-corrected chi connectivity index (χ3v) is 4.17. The van der Waals surface area contributed by atoms with Crippen molar-refractivity contribution in [1.29, 1.82) is 0 Å². The van der Waals surface area contributed by atoms with E-state index in [1.165, 1.54) is 0 Å². The SMILES string of the molecule is O=CC1=CN2C=C(Cn3ccc4c(c3=O)CNC=C4)NC2C=C1. The van der Waals surface area contributed by atoms with Gasteiger partial charge in [-0.2, -0.15) is 0 Å². The van der Waals surface area contributed by atoms with Gasteiger partial charge in [0.1, 0.15) is 6.17 Å². The lowest BCUT2D eigenvalue weighted by Crippen LogP contribution is -2.34. The largest absolute Gasteiger partial charge is 0.387 e. The lowest BCUT2D eigenvalue weighted by Gasteiger charge is -2.22. The predicted molar refractivity (Wildman–Crippen MR) is 86.7 cm³/mol. The minimum Gasteiger partial charge on any atom is -0.387 e. The molecule has 0 radical (unpaired) electrons. The Balaban J connectivity index is 1.59. The van der Waals surface area contributed by atoms with Gasteiger partial charge in [-0.15, -0.1) is 0 Å². The van der Waals surface area contributed by atoms with E-state index < -0.39 is 0 Å². The van der Waals surface area contributed by atoms with Gasteiger partial charge in [0.15, 0.2) is 6.29 Å². The summed E-state index contributed by atoms with van der Waals surface area (Å²) in [5, 5.41) is 6.42. The Hall–Kier alpha value is -3.02. The van der Waals surface area contributed by atoms with Crippen molar-refractivity contribution in [3.05, 3.63) is 75.8 Å². The summed E-state index contributed by atoms with van der Waals surface area (Å²) in [6.07, 6.45) is 13.9. The Labute approximate surface area is 133 Å². The van der Waals surface area contributed by atoms with Gasteiger partial charge in [0, 0.05) is 42.0 Å². The standard InChI is InChI=1S/C17H16N4O2/c22-11-12-1-2-16-19-14(10-21(16)8-12)9-20-6-4-13-3-5-18-7-15(13)17(20)23/h1-6,8,10-11,16,18-19H,7,9H2. The second-order valence-electron chi connectivity index (χ2n) is 5.69. The molecule has 3 aliphatic rings. The van der Waals surface area contributed by atoms with Gasteiger partial charge >= 0.3 is 0 Å². The first-order chi connectivity index (χ1) is 11.2. The number of pyridine rings is 1. The van der Waals surface area contributed by atoms with Crippen molar-refractivity contribution in [1.82, 2.24) is 20.1 Å². The van der Waals surface area contributed by atoms with E-state index >= 15 is 0 Å². The number of allylic oxidation sites excluding steroid dienone is 3. The van der Waals surface area contributed by atoms with Gasteiger partial charge < -0.3 is 20.1 Å². The summed E-state index contributed by atoms with van der Waals surface area (Å²) in [6, 6.07) is 1.96. The van der Waals surface area contributed by atoms with Crippen LogP contribution in [0.5, 0.6) is 0 Å². The molecule has 6 nitrogen and oxygen atoms in total. The Kier molecular flexibility index (Phi) is 3.15. The normalized spacial score (nSPS) is 20.9. The van der Waals surface area contributed by atoms with E-state index in [4.69, 9.17) is 0 Å². The first-order valence-corrected chi connectivity index (χ1v) is 7.47. The highest BCUT2D eigenvalue weighted by molar-refractivity contribution is 5.77. The molecular weight excluding hydrogens is 292 g/mol. The molecule has 1 unspecified atom stereocenters. The lowest BCUT2D eigenvalue weighted by atomic mass is 10.1. The molecule has 3 aliphatic heterocycles. The topological polar surface area (TPSA) is 66.4 Å². The van der Waals surface area contributed by atoms with E-state index in [-0.39, 0.29) is 11.7 Å². The summed E-state index contributed by atoms with van der Waals surface area (Å²) >= 11 is 0. The highest BCUT2D eigenvalue weighted by Crippen LogP contribution is 2.19. The van der Waals surface area contributed by atoms with E-state index in [2.05, 4.69) is 10.6 Å². The van der Waals surface area contributed by atoms with Gasteiger partial charge in [-0.1, -0.05) is 6.08 Å². The summed E-state index contributed by atoms with van der Waals surface area (Å²) in [6.45, 7) is 1.03. The summed E-state index contributed by atoms with van der Waals surface area (Å²) in [4.78, 5) is 25.4. The van der Waals surface area contributed by atoms with Crippen molar-refractivity contribution >= 4 is 12.4 Å². The number of nitrogens with zero attached hydrogens (tertiary/aromatic N) is 2. The van der Waals surface area contributed by atoms with Gasteiger partial charge in [-0.05, 0) is 30.0 Å². The fourth-order valence-corrected chi connectivity index (χ4v) is 2.99. The molecule has 2 N–H and O–H groups in total. The van der Waals surface area contributed by atoms with Crippen molar-refractivity contribution in [3.8, 4) is 0 Å². The second-order valence-corrected chi connectivity index (χ2v) is 5.69. The highest BCUT2D eigenvalue weighted by Gasteiger charge is 2.23. The van der Waals surface area contributed by atoms with Crippen molar-refractivity contribution in [2.24, 2.45) is 0 Å². The number of hydrogen-bond donors (Lipinski definition) is 2. The Morgan fingerprint density at radius 1 is 1.30 bits per heavy atom. The van der Waals surface area contributed by atoms with Crippen LogP contribution in [0.4, 0.5) is 0 Å². The van der Waals surface area contributed by atoms with Crippen molar-refractivity contribution in [2.45, 2.75) is 19.3 Å². The molecule has 1 atom stereocenters. The van der Waals surface area contributed by atoms with Gasteiger partial charge in [-0.25, -0.2) is 0 Å². The zero-order valence-corrected chi connectivity index (χ0v) is 12.4. The lowest BCUT2D eigenvalue weighted by molar-refractivity contribution is -0.104. The first-order valence-electron chi connectivity index (χ1n) is 7.47. The third kappa shape index (κ3) is 2.38. The maximum atomic E-state index is 12.6. The molecular formula is C17H16N4O2. The van der Waals surface area contributed by atoms with Crippen LogP contribution < -0.4 is 16.2 Å². The fraction of sp³-hybridized carbons (Fsp3) is 0.176. The zero-order chi connectivity index (χ0) is 15.8. The van der Waals surface area contributed by atoms with Crippen molar-refractivity contribution in [2.75, 3.05) is 0 Å². The van der Waals surface area contributed by atoms with Gasteiger partial charge in [0.05, 0.1) is 6.54 Å². The minimum atomic E-state index is 0.00614. The molecule has 0 amide bonds. The molecule has 116 valence electrons. The van der Waals surface area contributed by atoms with Crippen LogP contribution in [0.15, 0.2) is 59.1 Å². The number of aldehydes is 1. The van der Waals surface area contributed by atoms with E-state index in [0.717, 1.165) is 23.1 Å². The van der Waals surface area contributed by atoms with E-state index in [1.807, 2.05) is 41.7 Å². The monoisotopic (exact) mass is 308 g/mol. The number of rotatable bonds is 3. The van der Waals surface area contributed by atoms with Crippen LogP contribution in [0.25, 0.3) is 6.08 Å². The van der Waals surface area contributed by atoms with E-state index in [0.29, 0.717) is 18.7 Å². The Morgan fingerprint density at radius 2 is 2.22 bits per heavy atom. The molecule has 0 aliphatic carbocycles. The first kappa shape index (κ1) is 13.6. The average molecular weight is 308 g/mol. The number of fused-ring (bicyclic) bond motifs is 2. The quantitative estimate of drug-likeness (QED) is 0.803. The molecule has 4 heterocycles. The number of hydrogen-bond acceptors (Lipinski definition) is 5. The Morgan fingerprint density at radius 3 is 3.09 bits per heavy atom. The van der Waals surface area contributed by atoms with E-state index in [9.17, 15) is 9.59 Å². The molecule has 0 bridgehead atoms. The predicted octanol–water partition coefficient (Wildman–Crippen LogP) is 0.648. The smallest absolute Gasteiger partial charge is 0.256 e. The minimum absolute atomic E-state index is 0.00614. The molecule has 0 saturated carbocycles. The molecule has 1 aromatic rings. The molecule has 0 aromatic carbocycles. The van der Waals surface area contributed by atoms with E-state index in [1.54, 1.807) is 16.8 Å². The molecule has 0 spiro atoms. The number of aromatic nitrogens is 1. The van der Waals surface area contributed by atoms with Crippen LogP contribution in [-0.2, 0) is 17.9 Å². The molecule has 4 rings (SSSR count). The van der Waals surface area contributed by atoms with Crippen LogP contribution in [0.2, 0.25) is 0 Å². The highest BCUT2D eigenvalue weighted by atomic mass is 16.1. The Bertz CT molecular complexity index is 845. The fourth-order valence-electron chi connectivity index (χ4n) is 2.99. The summed E-state index contributed by atoms with van der Waals surface area (Å²) in [5.41, 5.74) is 3.34. The molecule has 1 aromatic heterocycles. The molecule has 6 heteroatoms. The van der Waals surface area contributed by atoms with Crippen LogP contribution in [0, 0.1) is 0 Å². The second kappa shape index (κ2) is 5.31. The van der Waals surface area contributed by atoms with Gasteiger partial charge in [0.2, 0.25) is 0 Å². The zero-order valence-electron chi connectivity index (χ0n) is 12.4. The van der Waals surface area contributed by atoms with Crippen LogP contribution >= 0.6 is 0 Å². The van der Waals surface area contributed by atoms with Crippen LogP contribution in [0.1, 0.15) is 11.1 Å². The van der Waals surface area contributed by atoms with Gasteiger partial charge in [0.25, 0.3) is 5.56 Å². The molecule has 0 fully saturated rings.